The Hall–Kier alpha value is -0.530. The molecule has 3 saturated carbocycles. The monoisotopic (exact) mass is 210 g/mol. The van der Waals surface area contributed by atoms with Crippen molar-refractivity contribution in [2.45, 2.75) is 40.0 Å². The van der Waals surface area contributed by atoms with E-state index in [-0.39, 0.29) is 5.92 Å². The van der Waals surface area contributed by atoms with E-state index >= 15 is 0 Å². The van der Waals surface area contributed by atoms with Gasteiger partial charge in [0, 0.05) is 0 Å². The van der Waals surface area contributed by atoms with Crippen molar-refractivity contribution in [3.8, 4) is 0 Å². The van der Waals surface area contributed by atoms with Gasteiger partial charge >= 0.3 is 5.97 Å². The molecule has 1 N–H and O–H groups in total. The number of carbonyl (C=O) groups is 1. The molecule has 0 aliphatic heterocycles. The first-order chi connectivity index (χ1) is 7.00. The van der Waals surface area contributed by atoms with Gasteiger partial charge in [0.05, 0.1) is 5.92 Å². The van der Waals surface area contributed by atoms with Crippen molar-refractivity contribution in [2.75, 3.05) is 0 Å². The Labute approximate surface area is 92.1 Å². The van der Waals surface area contributed by atoms with Crippen LogP contribution < -0.4 is 0 Å². The molecule has 0 aromatic heterocycles. The zero-order valence-corrected chi connectivity index (χ0v) is 9.94. The molecule has 3 aliphatic rings. The number of fused-ring (bicyclic) bond motifs is 3. The van der Waals surface area contributed by atoms with Crippen LogP contribution in [-0.2, 0) is 4.79 Å². The van der Waals surface area contributed by atoms with E-state index in [2.05, 4.69) is 20.8 Å². The molecule has 0 saturated heterocycles. The highest BCUT2D eigenvalue weighted by Gasteiger charge is 2.48. The van der Waals surface area contributed by atoms with E-state index in [4.69, 9.17) is 0 Å². The second-order valence-electron chi connectivity index (χ2n) is 5.96. The van der Waals surface area contributed by atoms with Crippen LogP contribution in [-0.4, -0.2) is 11.1 Å². The van der Waals surface area contributed by atoms with Crippen molar-refractivity contribution in [1.82, 2.24) is 0 Å². The first-order valence-electron chi connectivity index (χ1n) is 6.23. The SMILES string of the molecule is CC(C)C1C[C@@H]2C(C)CC1CC2C(=O)O. The first kappa shape index (κ1) is 11.0. The standard InChI is InChI=1S/C13H22O2/c1-7(2)10-6-11-8(3)4-9(10)5-12(11)13(14)15/h7-12H,4-6H2,1-3H3,(H,14,15)/t8?,9?,10?,11-,12?/m1/s1. The number of carboxylic acid groups (broad SMARTS) is 1. The summed E-state index contributed by atoms with van der Waals surface area (Å²) in [6.07, 6.45) is 3.35. The van der Waals surface area contributed by atoms with E-state index in [9.17, 15) is 9.90 Å². The van der Waals surface area contributed by atoms with E-state index in [0.29, 0.717) is 17.8 Å². The molecule has 3 fully saturated rings. The number of aliphatic carboxylic acids is 1. The minimum absolute atomic E-state index is 0.0475. The third-order valence-electron chi connectivity index (χ3n) is 4.80. The summed E-state index contributed by atoms with van der Waals surface area (Å²) in [6.45, 7) is 6.81. The van der Waals surface area contributed by atoms with Crippen LogP contribution in [0.2, 0.25) is 0 Å². The topological polar surface area (TPSA) is 37.3 Å². The third-order valence-corrected chi connectivity index (χ3v) is 4.80. The summed E-state index contributed by atoms with van der Waals surface area (Å²) >= 11 is 0. The molecule has 15 heavy (non-hydrogen) atoms. The minimum Gasteiger partial charge on any atom is -0.481 e. The number of carboxylic acids is 1. The zero-order valence-electron chi connectivity index (χ0n) is 9.94. The van der Waals surface area contributed by atoms with E-state index in [0.717, 1.165) is 24.7 Å². The Balaban J connectivity index is 2.15. The number of hydrogen-bond donors (Lipinski definition) is 1. The summed E-state index contributed by atoms with van der Waals surface area (Å²) in [5.41, 5.74) is 0. The predicted octanol–water partition coefficient (Wildman–Crippen LogP) is 3.03. The fourth-order valence-corrected chi connectivity index (χ4v) is 4.00. The normalized spacial score (nSPS) is 44.7. The molecule has 3 rings (SSSR count). The Morgan fingerprint density at radius 2 is 1.93 bits per heavy atom. The molecule has 0 aromatic rings. The Morgan fingerprint density at radius 1 is 1.27 bits per heavy atom. The van der Waals surface area contributed by atoms with E-state index in [1.807, 2.05) is 0 Å². The molecule has 2 nitrogen and oxygen atoms in total. The van der Waals surface area contributed by atoms with Crippen LogP contribution in [0.1, 0.15) is 40.0 Å². The second-order valence-corrected chi connectivity index (χ2v) is 5.96. The molecule has 2 heteroatoms. The summed E-state index contributed by atoms with van der Waals surface area (Å²) in [5.74, 6) is 2.64. The van der Waals surface area contributed by atoms with Crippen LogP contribution in [0.3, 0.4) is 0 Å². The maximum Gasteiger partial charge on any atom is 0.306 e. The molecular weight excluding hydrogens is 188 g/mol. The molecule has 0 heterocycles. The van der Waals surface area contributed by atoms with E-state index in [1.165, 1.54) is 6.42 Å². The van der Waals surface area contributed by atoms with Gasteiger partial charge in [-0.2, -0.15) is 0 Å². The minimum atomic E-state index is -0.557. The summed E-state index contributed by atoms with van der Waals surface area (Å²) < 4.78 is 0. The van der Waals surface area contributed by atoms with Gasteiger partial charge in [-0.05, 0) is 48.9 Å². The molecule has 0 spiro atoms. The molecule has 3 aliphatic carbocycles. The van der Waals surface area contributed by atoms with Crippen molar-refractivity contribution in [3.05, 3.63) is 0 Å². The summed E-state index contributed by atoms with van der Waals surface area (Å²) in [7, 11) is 0. The molecule has 0 amide bonds. The number of rotatable bonds is 2. The van der Waals surface area contributed by atoms with Gasteiger partial charge in [0.25, 0.3) is 0 Å². The highest BCUT2D eigenvalue weighted by atomic mass is 16.4. The average molecular weight is 210 g/mol. The van der Waals surface area contributed by atoms with Crippen molar-refractivity contribution in [1.29, 1.82) is 0 Å². The fraction of sp³-hybridized carbons (Fsp3) is 0.923. The van der Waals surface area contributed by atoms with Gasteiger partial charge in [0.2, 0.25) is 0 Å². The molecule has 2 bridgehead atoms. The van der Waals surface area contributed by atoms with Crippen LogP contribution in [0.15, 0.2) is 0 Å². The molecule has 0 aromatic carbocycles. The van der Waals surface area contributed by atoms with Gasteiger partial charge in [-0.25, -0.2) is 0 Å². The van der Waals surface area contributed by atoms with Gasteiger partial charge in [-0.1, -0.05) is 20.8 Å². The Morgan fingerprint density at radius 3 is 2.40 bits per heavy atom. The quantitative estimate of drug-likeness (QED) is 0.760. The smallest absolute Gasteiger partial charge is 0.306 e. The lowest BCUT2D eigenvalue weighted by molar-refractivity contribution is -0.152. The van der Waals surface area contributed by atoms with Gasteiger partial charge in [-0.15, -0.1) is 0 Å². The van der Waals surface area contributed by atoms with E-state index in [1.54, 1.807) is 0 Å². The van der Waals surface area contributed by atoms with Crippen molar-refractivity contribution < 1.29 is 9.90 Å². The second kappa shape index (κ2) is 3.80. The van der Waals surface area contributed by atoms with Gasteiger partial charge in [-0.3, -0.25) is 4.79 Å². The first-order valence-corrected chi connectivity index (χ1v) is 6.23. The van der Waals surface area contributed by atoms with Crippen molar-refractivity contribution in [2.24, 2.45) is 35.5 Å². The zero-order chi connectivity index (χ0) is 11.2. The van der Waals surface area contributed by atoms with Crippen LogP contribution >= 0.6 is 0 Å². The average Bonchev–Trinajstić information content (AvgIpc) is 2.16. The summed E-state index contributed by atoms with van der Waals surface area (Å²) in [4.78, 5) is 11.2. The van der Waals surface area contributed by atoms with Crippen LogP contribution in [0.25, 0.3) is 0 Å². The van der Waals surface area contributed by atoms with Crippen LogP contribution in [0.5, 0.6) is 0 Å². The lowest BCUT2D eigenvalue weighted by Crippen LogP contribution is -2.46. The maximum absolute atomic E-state index is 11.2. The van der Waals surface area contributed by atoms with Crippen LogP contribution in [0.4, 0.5) is 0 Å². The largest absolute Gasteiger partial charge is 0.481 e. The van der Waals surface area contributed by atoms with Gasteiger partial charge in [0.1, 0.15) is 0 Å². The van der Waals surface area contributed by atoms with Gasteiger partial charge in [0.15, 0.2) is 0 Å². The molecule has 4 unspecified atom stereocenters. The summed E-state index contributed by atoms with van der Waals surface area (Å²) in [5, 5.41) is 9.20. The lowest BCUT2D eigenvalue weighted by Gasteiger charge is -2.50. The lowest BCUT2D eigenvalue weighted by atomic mass is 9.54. The molecule has 86 valence electrons. The molecule has 5 atom stereocenters. The Bertz CT molecular complexity index is 259. The van der Waals surface area contributed by atoms with E-state index < -0.39 is 5.97 Å². The third kappa shape index (κ3) is 1.79. The highest BCUT2D eigenvalue weighted by molar-refractivity contribution is 5.70. The Kier molecular flexibility index (Phi) is 2.78. The predicted molar refractivity (Wildman–Crippen MR) is 59.4 cm³/mol. The molecule has 0 radical (unpaired) electrons. The van der Waals surface area contributed by atoms with Gasteiger partial charge < -0.3 is 5.11 Å². The van der Waals surface area contributed by atoms with Crippen molar-refractivity contribution in [3.63, 3.8) is 0 Å². The summed E-state index contributed by atoms with van der Waals surface area (Å²) in [6, 6.07) is 0. The fourth-order valence-electron chi connectivity index (χ4n) is 4.00. The van der Waals surface area contributed by atoms with Crippen LogP contribution in [0, 0.1) is 35.5 Å². The molecular formula is C13H22O2. The maximum atomic E-state index is 11.2. The highest BCUT2D eigenvalue weighted by Crippen LogP contribution is 2.53. The van der Waals surface area contributed by atoms with Crippen molar-refractivity contribution >= 4 is 5.97 Å². The number of hydrogen-bond acceptors (Lipinski definition) is 1.